The molecule has 2 aromatic carbocycles. The maximum absolute atomic E-state index is 12.3. The quantitative estimate of drug-likeness (QED) is 0.426. The minimum atomic E-state index is -3.69. The normalized spacial score (nSPS) is 11.2. The molecule has 0 spiro atoms. The summed E-state index contributed by atoms with van der Waals surface area (Å²) in [6.45, 7) is 0.576. The first-order chi connectivity index (χ1) is 15.9. The van der Waals surface area contributed by atoms with Gasteiger partial charge < -0.3 is 10.6 Å². The fourth-order valence-corrected chi connectivity index (χ4v) is 3.67. The first-order valence-electron chi connectivity index (χ1n) is 10.2. The van der Waals surface area contributed by atoms with Gasteiger partial charge in [-0.25, -0.2) is 8.42 Å². The van der Waals surface area contributed by atoms with Crippen LogP contribution < -0.4 is 15.4 Å². The summed E-state index contributed by atoms with van der Waals surface area (Å²) < 4.78 is 26.9. The Kier molecular flexibility index (Phi) is 8.31. The van der Waals surface area contributed by atoms with E-state index in [9.17, 15) is 18.0 Å². The Hall–Kier alpha value is -3.98. The van der Waals surface area contributed by atoms with E-state index in [4.69, 9.17) is 0 Å². The molecule has 33 heavy (non-hydrogen) atoms. The van der Waals surface area contributed by atoms with Crippen molar-refractivity contribution in [2.45, 2.75) is 13.0 Å². The van der Waals surface area contributed by atoms with Gasteiger partial charge in [0, 0.05) is 43.2 Å². The number of pyridine rings is 1. The molecule has 0 fully saturated rings. The standard InChI is InChI=1S/C24H24N4O4S/c29-23(27-18-20-10-14-25-15-11-20)12-16-26-24(30)21-6-8-22(9-7-21)28-33(31,32)17-13-19-4-2-1-3-5-19/h1-11,13-15,17,28H,12,16,18H2,(H,26,30)(H,27,29)/b17-13+. The van der Waals surface area contributed by atoms with E-state index in [1.54, 1.807) is 24.5 Å². The topological polar surface area (TPSA) is 117 Å². The van der Waals surface area contributed by atoms with E-state index in [1.807, 2.05) is 30.3 Å². The fourth-order valence-electron chi connectivity index (χ4n) is 2.80. The van der Waals surface area contributed by atoms with Crippen LogP contribution >= 0.6 is 0 Å². The van der Waals surface area contributed by atoms with Crippen LogP contribution in [0.25, 0.3) is 6.08 Å². The van der Waals surface area contributed by atoms with Gasteiger partial charge in [0.15, 0.2) is 0 Å². The lowest BCUT2D eigenvalue weighted by Gasteiger charge is -2.08. The van der Waals surface area contributed by atoms with Crippen LogP contribution in [-0.4, -0.2) is 31.8 Å². The number of carbonyl (C=O) groups excluding carboxylic acids is 2. The third kappa shape index (κ3) is 8.23. The van der Waals surface area contributed by atoms with E-state index in [1.165, 1.54) is 30.3 Å². The third-order valence-corrected chi connectivity index (χ3v) is 5.54. The molecule has 0 saturated carbocycles. The van der Waals surface area contributed by atoms with E-state index >= 15 is 0 Å². The number of rotatable bonds is 10. The molecule has 1 aromatic heterocycles. The number of sulfonamides is 1. The van der Waals surface area contributed by atoms with Crippen molar-refractivity contribution in [2.24, 2.45) is 0 Å². The van der Waals surface area contributed by atoms with E-state index < -0.39 is 10.0 Å². The molecular weight excluding hydrogens is 440 g/mol. The second-order valence-electron chi connectivity index (χ2n) is 7.08. The Bertz CT molecular complexity index is 1200. The molecule has 0 aliphatic heterocycles. The highest BCUT2D eigenvalue weighted by molar-refractivity contribution is 7.95. The molecule has 3 N–H and O–H groups in total. The molecule has 2 amide bonds. The van der Waals surface area contributed by atoms with Crippen LogP contribution in [0.15, 0.2) is 84.5 Å². The van der Waals surface area contributed by atoms with Crippen molar-refractivity contribution in [1.29, 1.82) is 0 Å². The van der Waals surface area contributed by atoms with E-state index in [0.717, 1.165) is 16.5 Å². The van der Waals surface area contributed by atoms with Gasteiger partial charge in [0.25, 0.3) is 15.9 Å². The largest absolute Gasteiger partial charge is 0.352 e. The number of amides is 2. The number of hydrogen-bond acceptors (Lipinski definition) is 5. The molecule has 0 aliphatic rings. The molecule has 170 valence electrons. The Morgan fingerprint density at radius 1 is 0.879 bits per heavy atom. The molecule has 8 nitrogen and oxygen atoms in total. The summed E-state index contributed by atoms with van der Waals surface area (Å²) in [5.74, 6) is -0.532. The number of nitrogens with zero attached hydrogens (tertiary/aromatic N) is 1. The van der Waals surface area contributed by atoms with Gasteiger partial charge in [-0.2, -0.15) is 0 Å². The summed E-state index contributed by atoms with van der Waals surface area (Å²) in [6, 6.07) is 18.7. The fraction of sp³-hybridized carbons (Fsp3) is 0.125. The molecule has 3 aromatic rings. The van der Waals surface area contributed by atoms with E-state index in [2.05, 4.69) is 20.3 Å². The first-order valence-corrected chi connectivity index (χ1v) is 11.8. The zero-order valence-corrected chi connectivity index (χ0v) is 18.6. The van der Waals surface area contributed by atoms with Gasteiger partial charge in [0.05, 0.1) is 5.41 Å². The highest BCUT2D eigenvalue weighted by atomic mass is 32.2. The lowest BCUT2D eigenvalue weighted by molar-refractivity contribution is -0.121. The molecule has 1 heterocycles. The van der Waals surface area contributed by atoms with Crippen molar-refractivity contribution >= 4 is 33.6 Å². The SMILES string of the molecule is O=C(CCNC(=O)c1ccc(NS(=O)(=O)/C=C/c2ccccc2)cc1)NCc1ccncc1. The number of benzene rings is 2. The molecule has 0 aliphatic carbocycles. The molecular formula is C24H24N4O4S. The zero-order chi connectivity index (χ0) is 23.5. The second-order valence-corrected chi connectivity index (χ2v) is 8.64. The summed E-state index contributed by atoms with van der Waals surface area (Å²) >= 11 is 0. The van der Waals surface area contributed by atoms with Crippen LogP contribution in [0.2, 0.25) is 0 Å². The highest BCUT2D eigenvalue weighted by Crippen LogP contribution is 2.13. The summed E-state index contributed by atoms with van der Waals surface area (Å²) in [4.78, 5) is 28.1. The van der Waals surface area contributed by atoms with Crippen molar-refractivity contribution in [3.05, 3.63) is 101 Å². The van der Waals surface area contributed by atoms with Gasteiger partial charge in [0.2, 0.25) is 5.91 Å². The predicted molar refractivity (Wildman–Crippen MR) is 127 cm³/mol. The number of hydrogen-bond donors (Lipinski definition) is 3. The van der Waals surface area contributed by atoms with Gasteiger partial charge in [0.1, 0.15) is 0 Å². The minimum absolute atomic E-state index is 0.141. The Morgan fingerprint density at radius 2 is 1.58 bits per heavy atom. The van der Waals surface area contributed by atoms with Gasteiger partial charge in [-0.1, -0.05) is 30.3 Å². The number of aromatic nitrogens is 1. The monoisotopic (exact) mass is 464 g/mol. The average Bonchev–Trinajstić information content (AvgIpc) is 2.83. The molecule has 3 rings (SSSR count). The predicted octanol–water partition coefficient (Wildman–Crippen LogP) is 2.93. The minimum Gasteiger partial charge on any atom is -0.352 e. The van der Waals surface area contributed by atoms with Crippen LogP contribution in [0.5, 0.6) is 0 Å². The Morgan fingerprint density at radius 3 is 2.27 bits per heavy atom. The molecule has 0 bridgehead atoms. The van der Waals surface area contributed by atoms with Crippen LogP contribution in [0.1, 0.15) is 27.9 Å². The van der Waals surface area contributed by atoms with Crippen LogP contribution in [-0.2, 0) is 21.4 Å². The van der Waals surface area contributed by atoms with Crippen LogP contribution in [0, 0.1) is 0 Å². The van der Waals surface area contributed by atoms with Crippen molar-refractivity contribution < 1.29 is 18.0 Å². The smallest absolute Gasteiger partial charge is 0.255 e. The Labute approximate surface area is 192 Å². The van der Waals surface area contributed by atoms with Crippen molar-refractivity contribution in [3.63, 3.8) is 0 Å². The summed E-state index contributed by atoms with van der Waals surface area (Å²) in [5.41, 5.74) is 2.39. The zero-order valence-electron chi connectivity index (χ0n) is 17.8. The van der Waals surface area contributed by atoms with Crippen molar-refractivity contribution in [3.8, 4) is 0 Å². The van der Waals surface area contributed by atoms with Crippen molar-refractivity contribution in [1.82, 2.24) is 15.6 Å². The van der Waals surface area contributed by atoms with Crippen molar-refractivity contribution in [2.75, 3.05) is 11.3 Å². The van der Waals surface area contributed by atoms with Gasteiger partial charge >= 0.3 is 0 Å². The van der Waals surface area contributed by atoms with E-state index in [0.29, 0.717) is 17.8 Å². The van der Waals surface area contributed by atoms with Gasteiger partial charge in [-0.15, -0.1) is 0 Å². The maximum Gasteiger partial charge on any atom is 0.255 e. The first kappa shape index (κ1) is 23.7. The molecule has 9 heteroatoms. The van der Waals surface area contributed by atoms with Crippen LogP contribution in [0.3, 0.4) is 0 Å². The van der Waals surface area contributed by atoms with Gasteiger partial charge in [-0.05, 0) is 53.6 Å². The number of anilines is 1. The number of carbonyl (C=O) groups is 2. The molecule has 0 saturated heterocycles. The lowest BCUT2D eigenvalue weighted by Crippen LogP contribution is -2.30. The third-order valence-electron chi connectivity index (χ3n) is 4.52. The van der Waals surface area contributed by atoms with Crippen LogP contribution in [0.4, 0.5) is 5.69 Å². The summed E-state index contributed by atoms with van der Waals surface area (Å²) in [6.07, 6.45) is 4.94. The van der Waals surface area contributed by atoms with Gasteiger partial charge in [-0.3, -0.25) is 19.3 Å². The Balaban J connectivity index is 1.43. The molecule has 0 unspecified atom stereocenters. The molecule has 0 radical (unpaired) electrons. The summed E-state index contributed by atoms with van der Waals surface area (Å²) in [7, 11) is -3.69. The number of nitrogens with one attached hydrogen (secondary N) is 3. The molecule has 0 atom stereocenters. The average molecular weight is 465 g/mol. The van der Waals surface area contributed by atoms with E-state index in [-0.39, 0.29) is 24.8 Å². The lowest BCUT2D eigenvalue weighted by atomic mass is 10.2. The second kappa shape index (κ2) is 11.6. The highest BCUT2D eigenvalue weighted by Gasteiger charge is 2.09. The summed E-state index contributed by atoms with van der Waals surface area (Å²) in [5, 5.41) is 6.53. The maximum atomic E-state index is 12.3.